The lowest BCUT2D eigenvalue weighted by Gasteiger charge is -2.19. The van der Waals surface area contributed by atoms with Crippen molar-refractivity contribution in [3.63, 3.8) is 0 Å². The zero-order valence-corrected chi connectivity index (χ0v) is 14.6. The summed E-state index contributed by atoms with van der Waals surface area (Å²) < 4.78 is 15.8. The number of benzene rings is 1. The normalized spacial score (nSPS) is 19.3. The lowest BCUT2D eigenvalue weighted by molar-refractivity contribution is -0.150. The van der Waals surface area contributed by atoms with Crippen LogP contribution in [0.5, 0.6) is 11.5 Å². The summed E-state index contributed by atoms with van der Waals surface area (Å²) in [5.41, 5.74) is 0.707. The summed E-state index contributed by atoms with van der Waals surface area (Å²) in [6.45, 7) is 4.29. The maximum atomic E-state index is 12.5. The predicted molar refractivity (Wildman–Crippen MR) is 91.3 cm³/mol. The van der Waals surface area contributed by atoms with Gasteiger partial charge in [0.1, 0.15) is 19.3 Å². The minimum Gasteiger partial charge on any atom is -0.486 e. The first kappa shape index (κ1) is 17.3. The molecule has 2 amide bonds. The van der Waals surface area contributed by atoms with Gasteiger partial charge in [0.25, 0.3) is 11.1 Å². The highest BCUT2D eigenvalue weighted by molar-refractivity contribution is 8.18. The molecule has 0 saturated carbocycles. The second-order valence-corrected chi connectivity index (χ2v) is 6.38. The van der Waals surface area contributed by atoms with Crippen LogP contribution in [0, 0.1) is 0 Å². The van der Waals surface area contributed by atoms with Crippen LogP contribution < -0.4 is 9.47 Å². The molecule has 7 nitrogen and oxygen atoms in total. The molecule has 1 atom stereocenters. The van der Waals surface area contributed by atoms with Gasteiger partial charge < -0.3 is 14.2 Å². The molecule has 0 radical (unpaired) electrons. The van der Waals surface area contributed by atoms with Crippen LogP contribution in [0.15, 0.2) is 23.1 Å². The SMILES string of the molecule is CCOC(=O)[C@H](C)N1C(=O)S/C(=C/c2ccc3c(c2)OCCO3)C1=O. The molecule has 25 heavy (non-hydrogen) atoms. The van der Waals surface area contributed by atoms with Gasteiger partial charge in [0.2, 0.25) is 0 Å². The molecule has 1 aromatic rings. The Labute approximate surface area is 148 Å². The summed E-state index contributed by atoms with van der Waals surface area (Å²) >= 11 is 0.797. The van der Waals surface area contributed by atoms with E-state index >= 15 is 0 Å². The Balaban J connectivity index is 1.82. The van der Waals surface area contributed by atoms with E-state index < -0.39 is 23.2 Å². The first-order valence-corrected chi connectivity index (χ1v) is 8.66. The third-order valence-electron chi connectivity index (χ3n) is 3.70. The third-order valence-corrected chi connectivity index (χ3v) is 4.59. The highest BCUT2D eigenvalue weighted by Crippen LogP contribution is 2.36. The summed E-state index contributed by atoms with van der Waals surface area (Å²) in [5, 5.41) is -0.491. The van der Waals surface area contributed by atoms with Crippen molar-refractivity contribution in [1.82, 2.24) is 4.90 Å². The number of esters is 1. The Hall–Kier alpha value is -2.48. The number of imide groups is 1. The van der Waals surface area contributed by atoms with Crippen LogP contribution in [-0.2, 0) is 14.3 Å². The molecular formula is C17H17NO6S. The average molecular weight is 363 g/mol. The summed E-state index contributed by atoms with van der Waals surface area (Å²) in [4.78, 5) is 37.6. The molecule has 2 aliphatic rings. The van der Waals surface area contributed by atoms with E-state index in [1.165, 1.54) is 6.92 Å². The molecule has 0 unspecified atom stereocenters. The maximum absolute atomic E-state index is 12.5. The van der Waals surface area contributed by atoms with Gasteiger partial charge in [-0.3, -0.25) is 14.5 Å². The number of fused-ring (bicyclic) bond motifs is 1. The molecule has 1 saturated heterocycles. The van der Waals surface area contributed by atoms with Crippen molar-refractivity contribution in [2.24, 2.45) is 0 Å². The minimum atomic E-state index is -0.960. The minimum absolute atomic E-state index is 0.187. The molecule has 0 aromatic heterocycles. The van der Waals surface area contributed by atoms with Gasteiger partial charge in [0.15, 0.2) is 11.5 Å². The first-order chi connectivity index (χ1) is 12.0. The Morgan fingerprint density at radius 1 is 1.32 bits per heavy atom. The van der Waals surface area contributed by atoms with Gasteiger partial charge >= 0.3 is 5.97 Å². The predicted octanol–water partition coefficient (Wildman–Crippen LogP) is 2.45. The molecular weight excluding hydrogens is 346 g/mol. The lowest BCUT2D eigenvalue weighted by Crippen LogP contribution is -2.42. The molecule has 0 bridgehead atoms. The molecule has 2 heterocycles. The van der Waals surface area contributed by atoms with Crippen LogP contribution in [0.3, 0.4) is 0 Å². The van der Waals surface area contributed by atoms with E-state index in [4.69, 9.17) is 14.2 Å². The van der Waals surface area contributed by atoms with E-state index in [9.17, 15) is 14.4 Å². The molecule has 1 fully saturated rings. The van der Waals surface area contributed by atoms with E-state index in [0.29, 0.717) is 30.3 Å². The quantitative estimate of drug-likeness (QED) is 0.600. The maximum Gasteiger partial charge on any atom is 0.329 e. The Bertz CT molecular complexity index is 760. The number of carbonyl (C=O) groups excluding carboxylic acids is 3. The van der Waals surface area contributed by atoms with Crippen LogP contribution in [0.1, 0.15) is 19.4 Å². The van der Waals surface area contributed by atoms with Crippen molar-refractivity contribution in [3.05, 3.63) is 28.7 Å². The van der Waals surface area contributed by atoms with Gasteiger partial charge in [-0.2, -0.15) is 0 Å². The second kappa shape index (κ2) is 7.18. The number of ether oxygens (including phenoxy) is 3. The number of thioether (sulfide) groups is 1. The van der Waals surface area contributed by atoms with Gasteiger partial charge in [-0.1, -0.05) is 6.07 Å². The summed E-state index contributed by atoms with van der Waals surface area (Å²) in [6.07, 6.45) is 1.60. The number of hydrogen-bond donors (Lipinski definition) is 0. The highest BCUT2D eigenvalue weighted by atomic mass is 32.2. The van der Waals surface area contributed by atoms with Crippen LogP contribution >= 0.6 is 11.8 Å². The van der Waals surface area contributed by atoms with E-state index in [2.05, 4.69) is 0 Å². The number of rotatable bonds is 4. The van der Waals surface area contributed by atoms with Crippen molar-refractivity contribution in [2.75, 3.05) is 19.8 Å². The fraction of sp³-hybridized carbons (Fsp3) is 0.353. The van der Waals surface area contributed by atoms with Crippen LogP contribution in [0.4, 0.5) is 4.79 Å². The van der Waals surface area contributed by atoms with Crippen LogP contribution in [-0.4, -0.2) is 47.9 Å². The van der Waals surface area contributed by atoms with E-state index in [1.54, 1.807) is 31.2 Å². The number of nitrogens with zero attached hydrogens (tertiary/aromatic N) is 1. The monoisotopic (exact) mass is 363 g/mol. The molecule has 132 valence electrons. The number of amides is 2. The Morgan fingerprint density at radius 3 is 2.76 bits per heavy atom. The number of carbonyl (C=O) groups is 3. The first-order valence-electron chi connectivity index (χ1n) is 7.84. The Morgan fingerprint density at radius 2 is 2.04 bits per heavy atom. The van der Waals surface area contributed by atoms with Crippen molar-refractivity contribution in [3.8, 4) is 11.5 Å². The molecule has 2 aliphatic heterocycles. The van der Waals surface area contributed by atoms with Gasteiger partial charge in [-0.15, -0.1) is 0 Å². The van der Waals surface area contributed by atoms with Gasteiger partial charge in [0.05, 0.1) is 11.5 Å². The number of hydrogen-bond acceptors (Lipinski definition) is 7. The summed E-state index contributed by atoms with van der Waals surface area (Å²) in [6, 6.07) is 4.32. The molecule has 0 spiro atoms. The lowest BCUT2D eigenvalue weighted by atomic mass is 10.1. The van der Waals surface area contributed by atoms with Gasteiger partial charge in [0, 0.05) is 0 Å². The van der Waals surface area contributed by atoms with Crippen LogP contribution in [0.25, 0.3) is 6.08 Å². The molecule has 1 aromatic carbocycles. The topological polar surface area (TPSA) is 82.1 Å². The van der Waals surface area contributed by atoms with Crippen molar-refractivity contribution in [1.29, 1.82) is 0 Å². The Kier molecular flexibility index (Phi) is 4.98. The zero-order valence-electron chi connectivity index (χ0n) is 13.8. The third kappa shape index (κ3) is 3.48. The molecule has 0 aliphatic carbocycles. The smallest absolute Gasteiger partial charge is 0.329 e. The fourth-order valence-corrected chi connectivity index (χ4v) is 3.39. The van der Waals surface area contributed by atoms with Gasteiger partial charge in [-0.25, -0.2) is 4.79 Å². The average Bonchev–Trinajstić information content (AvgIpc) is 2.88. The fourth-order valence-electron chi connectivity index (χ4n) is 2.48. The van der Waals surface area contributed by atoms with Gasteiger partial charge in [-0.05, 0) is 49.4 Å². The second-order valence-electron chi connectivity index (χ2n) is 5.38. The zero-order chi connectivity index (χ0) is 18.0. The largest absolute Gasteiger partial charge is 0.486 e. The summed E-state index contributed by atoms with van der Waals surface area (Å²) in [5.74, 6) is 0.127. The van der Waals surface area contributed by atoms with Crippen molar-refractivity contribution >= 4 is 35.0 Å². The molecule has 8 heteroatoms. The van der Waals surface area contributed by atoms with E-state index in [-0.39, 0.29) is 11.5 Å². The highest BCUT2D eigenvalue weighted by Gasteiger charge is 2.41. The standard InChI is InChI=1S/C17H17NO6S/c1-3-22-16(20)10(2)18-15(19)14(25-17(18)21)9-11-4-5-12-13(8-11)24-7-6-23-12/h4-5,8-10H,3,6-7H2,1-2H3/b14-9+/t10-/m0/s1. The van der Waals surface area contributed by atoms with Crippen LogP contribution in [0.2, 0.25) is 0 Å². The summed E-state index contributed by atoms with van der Waals surface area (Å²) in [7, 11) is 0. The van der Waals surface area contributed by atoms with Crippen molar-refractivity contribution < 1.29 is 28.6 Å². The van der Waals surface area contributed by atoms with E-state index in [1.807, 2.05) is 0 Å². The molecule has 0 N–H and O–H groups in total. The van der Waals surface area contributed by atoms with Crippen molar-refractivity contribution in [2.45, 2.75) is 19.9 Å². The van der Waals surface area contributed by atoms with E-state index in [0.717, 1.165) is 16.7 Å². The molecule has 3 rings (SSSR count).